The van der Waals surface area contributed by atoms with Crippen LogP contribution in [0.3, 0.4) is 0 Å². The van der Waals surface area contributed by atoms with E-state index >= 15 is 0 Å². The Morgan fingerprint density at radius 2 is 1.47 bits per heavy atom. The molecule has 0 atom stereocenters. The first-order valence-electron chi connectivity index (χ1n) is 4.95. The number of rotatable bonds is 0. The van der Waals surface area contributed by atoms with Crippen molar-refractivity contribution < 1.29 is 26.5 Å². The second-order valence-corrected chi connectivity index (χ2v) is 4.53. The van der Waals surface area contributed by atoms with E-state index in [1.54, 1.807) is 0 Å². The van der Waals surface area contributed by atoms with Crippen LogP contribution in [-0.4, -0.2) is 5.78 Å². The van der Waals surface area contributed by atoms with Crippen LogP contribution in [0.5, 0.6) is 0 Å². The molecule has 0 spiro atoms. The molecule has 0 radical (unpaired) electrons. The largest absolute Gasteiger partial charge is 0.300 e. The smallest absolute Gasteiger partial charge is 0.126 e. The molecule has 0 heterocycles. The summed E-state index contributed by atoms with van der Waals surface area (Å²) >= 11 is 0. The first kappa shape index (κ1) is 17.3. The van der Waals surface area contributed by atoms with E-state index in [1.165, 1.54) is 30.6 Å². The van der Waals surface area contributed by atoms with E-state index in [0.29, 0.717) is 0 Å². The predicted octanol–water partition coefficient (Wildman–Crippen LogP) is 3.70. The maximum atomic E-state index is 9.44. The molecule has 0 N–H and O–H groups in total. The zero-order chi connectivity index (χ0) is 11.5. The summed E-state index contributed by atoms with van der Waals surface area (Å²) in [7, 11) is 0. The molecule has 1 aliphatic rings. The van der Waals surface area contributed by atoms with E-state index in [0.717, 1.165) is 0 Å². The van der Waals surface area contributed by atoms with Crippen molar-refractivity contribution in [3.05, 3.63) is 22.8 Å². The van der Waals surface area contributed by atoms with Crippen molar-refractivity contribution in [1.82, 2.24) is 0 Å². The summed E-state index contributed by atoms with van der Waals surface area (Å²) < 4.78 is 0. The maximum absolute atomic E-state index is 9.44. The van der Waals surface area contributed by atoms with Crippen molar-refractivity contribution in [3.8, 4) is 0 Å². The molecule has 0 saturated carbocycles. The van der Waals surface area contributed by atoms with Gasteiger partial charge in [0.15, 0.2) is 0 Å². The van der Waals surface area contributed by atoms with E-state index < -0.39 is 0 Å². The standard InChI is InChI=1S/C10H15.C3H6O.Ti/c1-7-6-10(4,5)9(3)8(7)2;1-3(2)4;/h1-5H3;1-2H3;/q-1;;. The summed E-state index contributed by atoms with van der Waals surface area (Å²) in [6, 6.07) is 0. The van der Waals surface area contributed by atoms with Gasteiger partial charge in [-0.25, -0.2) is 5.57 Å². The molecule has 2 heteroatoms. The van der Waals surface area contributed by atoms with Gasteiger partial charge in [-0.15, -0.1) is 6.92 Å². The molecular weight excluding hydrogens is 220 g/mol. The second-order valence-electron chi connectivity index (χ2n) is 4.53. The number of hydrogen-bond donors (Lipinski definition) is 0. The quantitative estimate of drug-likeness (QED) is 0.466. The van der Waals surface area contributed by atoms with Crippen molar-refractivity contribution in [1.29, 1.82) is 0 Å². The Bertz CT molecular complexity index is 292. The normalized spacial score (nSPS) is 17.4. The molecule has 0 aliphatic heterocycles. The molecule has 0 aromatic carbocycles. The van der Waals surface area contributed by atoms with Gasteiger partial charge in [0.25, 0.3) is 0 Å². The van der Waals surface area contributed by atoms with Crippen LogP contribution in [0.25, 0.3) is 0 Å². The Kier molecular flexibility index (Phi) is 7.42. The van der Waals surface area contributed by atoms with E-state index in [-0.39, 0.29) is 32.9 Å². The van der Waals surface area contributed by atoms with Crippen molar-refractivity contribution >= 4 is 5.78 Å². The molecule has 0 fully saturated rings. The van der Waals surface area contributed by atoms with Crippen LogP contribution < -0.4 is 0 Å². The molecule has 0 saturated heterocycles. The number of hydrogen-bond acceptors (Lipinski definition) is 1. The predicted molar refractivity (Wildman–Crippen MR) is 60.9 cm³/mol. The van der Waals surface area contributed by atoms with Crippen LogP contribution in [0.1, 0.15) is 48.5 Å². The summed E-state index contributed by atoms with van der Waals surface area (Å²) in [5, 5.41) is 0. The summed E-state index contributed by atoms with van der Waals surface area (Å²) in [4.78, 5) is 9.44. The molecule has 0 aromatic heterocycles. The van der Waals surface area contributed by atoms with Crippen LogP contribution in [-0.2, 0) is 26.5 Å². The third-order valence-electron chi connectivity index (χ3n) is 2.56. The summed E-state index contributed by atoms with van der Waals surface area (Å²) in [5.41, 5.74) is 4.39. The Balaban J connectivity index is 0. The Hall–Kier alpha value is -0.136. The summed E-state index contributed by atoms with van der Waals surface area (Å²) in [5.74, 6) is 0.167. The third-order valence-corrected chi connectivity index (χ3v) is 2.56. The maximum Gasteiger partial charge on any atom is 0.126 e. The van der Waals surface area contributed by atoms with Crippen LogP contribution >= 0.6 is 0 Å². The molecule has 0 amide bonds. The van der Waals surface area contributed by atoms with Gasteiger partial charge in [-0.2, -0.15) is 11.1 Å². The second kappa shape index (κ2) is 6.45. The molecule has 0 unspecified atom stereocenters. The van der Waals surface area contributed by atoms with Crippen LogP contribution in [0.15, 0.2) is 16.7 Å². The minimum atomic E-state index is 0. The van der Waals surface area contributed by atoms with E-state index in [4.69, 9.17) is 0 Å². The van der Waals surface area contributed by atoms with Crippen molar-refractivity contribution in [3.63, 3.8) is 0 Å². The van der Waals surface area contributed by atoms with Crippen LogP contribution in [0.4, 0.5) is 0 Å². The minimum absolute atomic E-state index is 0. The van der Waals surface area contributed by atoms with E-state index in [9.17, 15) is 4.79 Å². The average Bonchev–Trinajstić information content (AvgIpc) is 2.13. The van der Waals surface area contributed by atoms with Gasteiger partial charge in [-0.3, -0.25) is 6.08 Å². The molecular formula is C13H21OTi-. The number of Topliss-reactive ketones (excluding diaryl/α,β-unsaturated/α-hetero) is 1. The van der Waals surface area contributed by atoms with Crippen molar-refractivity contribution in [2.75, 3.05) is 0 Å². The number of carbonyl (C=O) groups excluding carboxylic acids is 1. The molecule has 1 aliphatic carbocycles. The zero-order valence-corrected chi connectivity index (χ0v) is 12.5. The fourth-order valence-electron chi connectivity index (χ4n) is 1.41. The Labute approximate surface area is 109 Å². The fourth-order valence-corrected chi connectivity index (χ4v) is 1.41. The van der Waals surface area contributed by atoms with Crippen molar-refractivity contribution in [2.45, 2.75) is 48.5 Å². The SMILES string of the molecule is CC(C)=O.CC1=[C-]C(C)(C)C(C)=C1C.[Ti]. The van der Waals surface area contributed by atoms with E-state index in [2.05, 4.69) is 40.7 Å². The molecule has 1 nitrogen and oxygen atoms in total. The van der Waals surface area contributed by atoms with Crippen molar-refractivity contribution in [2.24, 2.45) is 5.41 Å². The van der Waals surface area contributed by atoms with Gasteiger partial charge in [0.1, 0.15) is 5.78 Å². The first-order chi connectivity index (χ1) is 6.18. The first-order valence-corrected chi connectivity index (χ1v) is 4.95. The van der Waals surface area contributed by atoms with E-state index in [1.807, 2.05) is 0 Å². The topological polar surface area (TPSA) is 17.1 Å². The van der Waals surface area contributed by atoms with Gasteiger partial charge in [0.2, 0.25) is 0 Å². The number of ketones is 1. The third kappa shape index (κ3) is 5.48. The fraction of sp³-hybridized carbons (Fsp3) is 0.615. The van der Waals surface area contributed by atoms with Gasteiger partial charge < -0.3 is 4.79 Å². The van der Waals surface area contributed by atoms with Crippen LogP contribution in [0, 0.1) is 11.5 Å². The minimum Gasteiger partial charge on any atom is -0.300 e. The monoisotopic (exact) mass is 241 g/mol. The number of carbonyl (C=O) groups is 1. The van der Waals surface area contributed by atoms with Gasteiger partial charge in [-0.1, -0.05) is 33.1 Å². The molecule has 0 aromatic rings. The zero-order valence-electron chi connectivity index (χ0n) is 10.9. The average molecular weight is 241 g/mol. The molecule has 15 heavy (non-hydrogen) atoms. The molecule has 84 valence electrons. The summed E-state index contributed by atoms with van der Waals surface area (Å²) in [6.07, 6.45) is 3.44. The Morgan fingerprint density at radius 3 is 1.53 bits per heavy atom. The van der Waals surface area contributed by atoms with Gasteiger partial charge in [0, 0.05) is 21.7 Å². The summed E-state index contributed by atoms with van der Waals surface area (Å²) in [6.45, 7) is 14.0. The van der Waals surface area contributed by atoms with Crippen LogP contribution in [0.2, 0.25) is 0 Å². The van der Waals surface area contributed by atoms with Gasteiger partial charge in [-0.05, 0) is 13.8 Å². The Morgan fingerprint density at radius 1 is 1.13 bits per heavy atom. The van der Waals surface area contributed by atoms with Gasteiger partial charge >= 0.3 is 0 Å². The molecule has 1 rings (SSSR count). The van der Waals surface area contributed by atoms with Gasteiger partial charge in [0.05, 0.1) is 0 Å². The number of allylic oxidation sites excluding steroid dienone is 4. The molecule has 0 bridgehead atoms.